The second-order valence-corrected chi connectivity index (χ2v) is 4.05. The van der Waals surface area contributed by atoms with E-state index in [1.807, 2.05) is 6.92 Å². The molecule has 0 bridgehead atoms. The van der Waals surface area contributed by atoms with Crippen LogP contribution >= 0.6 is 0 Å². The minimum absolute atomic E-state index is 0.285. The van der Waals surface area contributed by atoms with Crippen LogP contribution in [0.15, 0.2) is 18.2 Å². The van der Waals surface area contributed by atoms with Gasteiger partial charge in [-0.25, -0.2) is 4.79 Å². The molecule has 0 radical (unpaired) electrons. The van der Waals surface area contributed by atoms with E-state index in [1.54, 1.807) is 26.2 Å². The zero-order valence-corrected chi connectivity index (χ0v) is 11.3. The molecule has 104 valence electrons. The number of esters is 1. The summed E-state index contributed by atoms with van der Waals surface area (Å²) in [6.07, 6.45) is 0. The summed E-state index contributed by atoms with van der Waals surface area (Å²) in [6, 6.07) is 4.61. The Kier molecular flexibility index (Phi) is 5.17. The van der Waals surface area contributed by atoms with E-state index >= 15 is 0 Å². The largest absolute Gasteiger partial charge is 0.492 e. The minimum Gasteiger partial charge on any atom is -0.492 e. The van der Waals surface area contributed by atoms with Crippen molar-refractivity contribution in [1.29, 1.82) is 0 Å². The van der Waals surface area contributed by atoms with Gasteiger partial charge in [0.1, 0.15) is 5.75 Å². The molecular formula is C13H18N2O4. The Morgan fingerprint density at radius 2 is 2.00 bits per heavy atom. The zero-order chi connectivity index (χ0) is 14.4. The van der Waals surface area contributed by atoms with E-state index in [0.717, 1.165) is 0 Å². The number of nitrogens with two attached hydrogens (primary N) is 1. The summed E-state index contributed by atoms with van der Waals surface area (Å²) >= 11 is 0. The summed E-state index contributed by atoms with van der Waals surface area (Å²) in [5.74, 6) is -0.361. The van der Waals surface area contributed by atoms with Gasteiger partial charge in [-0.15, -0.1) is 0 Å². The standard InChI is InChI=1S/C13H18N2O4/c1-4-18-11-6-5-9(7-10(11)14)13(17)19-8-12(16)15(2)3/h5-7H,4,8,14H2,1-3H3. The van der Waals surface area contributed by atoms with Gasteiger partial charge in [0, 0.05) is 14.1 Å². The molecule has 1 amide bonds. The van der Waals surface area contributed by atoms with Crippen molar-refractivity contribution in [2.24, 2.45) is 0 Å². The van der Waals surface area contributed by atoms with Crippen molar-refractivity contribution in [1.82, 2.24) is 4.90 Å². The molecule has 1 aromatic carbocycles. The molecule has 0 spiro atoms. The van der Waals surface area contributed by atoms with Crippen molar-refractivity contribution in [2.45, 2.75) is 6.92 Å². The van der Waals surface area contributed by atoms with E-state index in [9.17, 15) is 9.59 Å². The highest BCUT2D eigenvalue weighted by molar-refractivity contribution is 5.92. The second kappa shape index (κ2) is 6.63. The monoisotopic (exact) mass is 266 g/mol. The molecule has 0 atom stereocenters. The Balaban J connectivity index is 2.67. The van der Waals surface area contributed by atoms with Crippen molar-refractivity contribution in [2.75, 3.05) is 33.0 Å². The highest BCUT2D eigenvalue weighted by Gasteiger charge is 2.13. The van der Waals surface area contributed by atoms with Gasteiger partial charge in [0.05, 0.1) is 17.9 Å². The molecule has 0 heterocycles. The number of ether oxygens (including phenoxy) is 2. The van der Waals surface area contributed by atoms with Gasteiger partial charge in [-0.1, -0.05) is 0 Å². The molecule has 0 aliphatic heterocycles. The van der Waals surface area contributed by atoms with Crippen molar-refractivity contribution in [3.05, 3.63) is 23.8 Å². The van der Waals surface area contributed by atoms with Gasteiger partial charge in [-0.05, 0) is 25.1 Å². The quantitative estimate of drug-likeness (QED) is 0.633. The van der Waals surface area contributed by atoms with Crippen LogP contribution in [0.2, 0.25) is 0 Å². The highest BCUT2D eigenvalue weighted by atomic mass is 16.5. The minimum atomic E-state index is -0.593. The lowest BCUT2D eigenvalue weighted by molar-refractivity contribution is -0.131. The number of nitrogen functional groups attached to an aromatic ring is 1. The number of benzene rings is 1. The first-order valence-corrected chi connectivity index (χ1v) is 5.85. The van der Waals surface area contributed by atoms with Gasteiger partial charge in [0.15, 0.2) is 6.61 Å². The van der Waals surface area contributed by atoms with Crippen molar-refractivity contribution in [3.8, 4) is 5.75 Å². The Morgan fingerprint density at radius 1 is 1.32 bits per heavy atom. The fourth-order valence-corrected chi connectivity index (χ4v) is 1.30. The summed E-state index contributed by atoms with van der Waals surface area (Å²) in [5.41, 5.74) is 6.38. The molecule has 1 rings (SSSR count). The second-order valence-electron chi connectivity index (χ2n) is 4.05. The molecular weight excluding hydrogens is 248 g/mol. The van der Waals surface area contributed by atoms with Crippen molar-refractivity contribution >= 4 is 17.6 Å². The van der Waals surface area contributed by atoms with E-state index in [2.05, 4.69) is 0 Å². The smallest absolute Gasteiger partial charge is 0.338 e. The molecule has 0 unspecified atom stereocenters. The van der Waals surface area contributed by atoms with Gasteiger partial charge in [0.2, 0.25) is 0 Å². The lowest BCUT2D eigenvalue weighted by Crippen LogP contribution is -2.27. The lowest BCUT2D eigenvalue weighted by Gasteiger charge is -2.11. The fourth-order valence-electron chi connectivity index (χ4n) is 1.30. The van der Waals surface area contributed by atoms with E-state index in [-0.39, 0.29) is 18.1 Å². The maximum Gasteiger partial charge on any atom is 0.338 e. The summed E-state index contributed by atoms with van der Waals surface area (Å²) in [6.45, 7) is 2.04. The van der Waals surface area contributed by atoms with Gasteiger partial charge >= 0.3 is 5.97 Å². The van der Waals surface area contributed by atoms with Gasteiger partial charge in [0.25, 0.3) is 5.91 Å². The normalized spacial score (nSPS) is 9.84. The predicted octanol–water partition coefficient (Wildman–Crippen LogP) is 0.913. The maximum atomic E-state index is 11.7. The summed E-state index contributed by atoms with van der Waals surface area (Å²) in [4.78, 5) is 24.3. The van der Waals surface area contributed by atoms with Crippen LogP contribution in [0.1, 0.15) is 17.3 Å². The molecule has 2 N–H and O–H groups in total. The van der Waals surface area contributed by atoms with Crippen molar-refractivity contribution < 1.29 is 19.1 Å². The maximum absolute atomic E-state index is 11.7. The number of hydrogen-bond acceptors (Lipinski definition) is 5. The zero-order valence-electron chi connectivity index (χ0n) is 11.3. The highest BCUT2D eigenvalue weighted by Crippen LogP contribution is 2.22. The lowest BCUT2D eigenvalue weighted by atomic mass is 10.2. The number of hydrogen-bond donors (Lipinski definition) is 1. The van der Waals surface area contributed by atoms with Crippen LogP contribution < -0.4 is 10.5 Å². The Labute approximate surface area is 112 Å². The number of amides is 1. The van der Waals surface area contributed by atoms with E-state index in [1.165, 1.54) is 11.0 Å². The molecule has 6 heteroatoms. The Bertz CT molecular complexity index is 472. The Hall–Kier alpha value is -2.24. The van der Waals surface area contributed by atoms with Crippen LogP contribution in [0.4, 0.5) is 5.69 Å². The van der Waals surface area contributed by atoms with Crippen LogP contribution in [0.25, 0.3) is 0 Å². The average Bonchev–Trinajstić information content (AvgIpc) is 2.37. The predicted molar refractivity (Wildman–Crippen MR) is 71.0 cm³/mol. The summed E-state index contributed by atoms with van der Waals surface area (Å²) in [5, 5.41) is 0. The molecule has 0 saturated carbocycles. The van der Waals surface area contributed by atoms with Crippen LogP contribution in [-0.4, -0.2) is 44.1 Å². The van der Waals surface area contributed by atoms with E-state index < -0.39 is 5.97 Å². The van der Waals surface area contributed by atoms with Crippen molar-refractivity contribution in [3.63, 3.8) is 0 Å². The number of anilines is 1. The van der Waals surface area contributed by atoms with Gasteiger partial charge < -0.3 is 20.1 Å². The number of likely N-dealkylation sites (N-methyl/N-ethyl adjacent to an activating group) is 1. The molecule has 0 aliphatic carbocycles. The number of rotatable bonds is 5. The number of nitrogens with zero attached hydrogens (tertiary/aromatic N) is 1. The molecule has 6 nitrogen and oxygen atoms in total. The van der Waals surface area contributed by atoms with Gasteiger partial charge in [-0.2, -0.15) is 0 Å². The molecule has 0 fully saturated rings. The van der Waals surface area contributed by atoms with Crippen LogP contribution in [0, 0.1) is 0 Å². The third kappa shape index (κ3) is 4.17. The molecule has 0 aromatic heterocycles. The SMILES string of the molecule is CCOc1ccc(C(=O)OCC(=O)N(C)C)cc1N. The number of carbonyl (C=O) groups excluding carboxylic acids is 2. The average molecular weight is 266 g/mol. The third-order valence-corrected chi connectivity index (χ3v) is 2.37. The van der Waals surface area contributed by atoms with Gasteiger partial charge in [-0.3, -0.25) is 4.79 Å². The summed E-state index contributed by atoms with van der Waals surface area (Å²) in [7, 11) is 3.18. The van der Waals surface area contributed by atoms with Crippen LogP contribution in [-0.2, 0) is 9.53 Å². The third-order valence-electron chi connectivity index (χ3n) is 2.37. The molecule has 1 aromatic rings. The fraction of sp³-hybridized carbons (Fsp3) is 0.385. The van der Waals surface area contributed by atoms with E-state index in [4.69, 9.17) is 15.2 Å². The topological polar surface area (TPSA) is 81.9 Å². The van der Waals surface area contributed by atoms with Crippen LogP contribution in [0.3, 0.4) is 0 Å². The van der Waals surface area contributed by atoms with Crippen LogP contribution in [0.5, 0.6) is 5.75 Å². The first-order valence-electron chi connectivity index (χ1n) is 5.85. The molecule has 0 aliphatic rings. The first-order chi connectivity index (χ1) is 8.95. The molecule has 0 saturated heterocycles. The Morgan fingerprint density at radius 3 is 2.53 bits per heavy atom. The molecule has 19 heavy (non-hydrogen) atoms. The number of carbonyl (C=O) groups is 2. The summed E-state index contributed by atoms with van der Waals surface area (Å²) < 4.78 is 10.1. The van der Waals surface area contributed by atoms with E-state index in [0.29, 0.717) is 18.0 Å². The first kappa shape index (κ1) is 14.8.